The van der Waals surface area contributed by atoms with Gasteiger partial charge in [0, 0.05) is 19.2 Å². The Balaban J connectivity index is 1.65. The molecule has 156 valence electrons. The summed E-state index contributed by atoms with van der Waals surface area (Å²) in [5.74, 6) is 1.63. The first-order valence-electron chi connectivity index (χ1n) is 9.19. The molecule has 0 unspecified atom stereocenters. The van der Waals surface area contributed by atoms with E-state index in [9.17, 15) is 13.2 Å². The van der Waals surface area contributed by atoms with Crippen molar-refractivity contribution in [3.63, 3.8) is 0 Å². The first-order valence-corrected chi connectivity index (χ1v) is 11.0. The largest absolute Gasteiger partial charge is 0.493 e. The van der Waals surface area contributed by atoms with Gasteiger partial charge >= 0.3 is 0 Å². The topological polar surface area (TPSA) is 98.9 Å². The summed E-state index contributed by atoms with van der Waals surface area (Å²) in [6, 6.07) is 5.36. The van der Waals surface area contributed by atoms with E-state index in [2.05, 4.69) is 5.16 Å². The monoisotopic (exact) mass is 420 g/mol. The molecule has 2 heterocycles. The van der Waals surface area contributed by atoms with Gasteiger partial charge in [-0.25, -0.2) is 8.42 Å². The maximum Gasteiger partial charge on any atom is 0.246 e. The summed E-state index contributed by atoms with van der Waals surface area (Å²) in [5.41, 5.74) is 2.44. The Bertz CT molecular complexity index is 992. The van der Waals surface area contributed by atoms with E-state index in [1.54, 1.807) is 25.3 Å². The maximum atomic E-state index is 12.3. The van der Waals surface area contributed by atoms with Gasteiger partial charge in [-0.05, 0) is 37.6 Å². The average molecular weight is 420 g/mol. The lowest BCUT2D eigenvalue weighted by Crippen LogP contribution is -2.43. The van der Waals surface area contributed by atoms with E-state index in [0.717, 1.165) is 16.8 Å². The molecule has 0 saturated carbocycles. The number of benzene rings is 1. The van der Waals surface area contributed by atoms with Crippen molar-refractivity contribution >= 4 is 21.8 Å². The molecule has 0 radical (unpaired) electrons. The summed E-state index contributed by atoms with van der Waals surface area (Å²) < 4.78 is 39.3. The highest BCUT2D eigenvalue weighted by molar-refractivity contribution is 7.91. The lowest BCUT2D eigenvalue weighted by atomic mass is 10.1. The van der Waals surface area contributed by atoms with E-state index in [4.69, 9.17) is 14.0 Å². The Morgan fingerprint density at radius 3 is 2.59 bits per heavy atom. The molecule has 29 heavy (non-hydrogen) atoms. The lowest BCUT2D eigenvalue weighted by Gasteiger charge is -2.25. The minimum atomic E-state index is -3.02. The minimum Gasteiger partial charge on any atom is -0.493 e. The van der Waals surface area contributed by atoms with Crippen LogP contribution < -0.4 is 9.47 Å². The molecule has 0 bridgehead atoms. The predicted molar refractivity (Wildman–Crippen MR) is 108 cm³/mol. The molecule has 2 aromatic rings. The number of carbonyl (C=O) groups excluding carboxylic acids is 1. The molecule has 3 rings (SSSR count). The van der Waals surface area contributed by atoms with Gasteiger partial charge in [-0.15, -0.1) is 0 Å². The fraction of sp³-hybridized carbons (Fsp3) is 0.400. The molecule has 0 aliphatic carbocycles. The SMILES string of the molecule is COc1cc(/C=C/C(=O)N2CCS(=O)(=O)CC2)ccc1OCc1c(C)noc1C. The van der Waals surface area contributed by atoms with Crippen LogP contribution in [0.5, 0.6) is 11.5 Å². The smallest absolute Gasteiger partial charge is 0.246 e. The summed E-state index contributed by atoms with van der Waals surface area (Å²) in [7, 11) is -1.47. The number of rotatable bonds is 6. The Labute approximate surface area is 170 Å². The second-order valence-electron chi connectivity index (χ2n) is 6.81. The Kier molecular flexibility index (Phi) is 6.26. The van der Waals surface area contributed by atoms with Crippen LogP contribution in [-0.4, -0.2) is 56.1 Å². The van der Waals surface area contributed by atoms with Crippen molar-refractivity contribution in [3.05, 3.63) is 46.9 Å². The highest BCUT2D eigenvalue weighted by atomic mass is 32.2. The Hall–Kier alpha value is -2.81. The summed E-state index contributed by atoms with van der Waals surface area (Å²) in [5, 5.41) is 3.91. The maximum absolute atomic E-state index is 12.3. The van der Waals surface area contributed by atoms with E-state index in [-0.39, 0.29) is 30.5 Å². The van der Waals surface area contributed by atoms with Crippen molar-refractivity contribution in [2.24, 2.45) is 0 Å². The zero-order chi connectivity index (χ0) is 21.0. The molecular weight excluding hydrogens is 396 g/mol. The van der Waals surface area contributed by atoms with Crippen molar-refractivity contribution in [2.45, 2.75) is 20.5 Å². The van der Waals surface area contributed by atoms with Crippen LogP contribution in [0.3, 0.4) is 0 Å². The van der Waals surface area contributed by atoms with Crippen molar-refractivity contribution in [3.8, 4) is 11.5 Å². The van der Waals surface area contributed by atoms with E-state index in [1.807, 2.05) is 19.9 Å². The number of hydrogen-bond donors (Lipinski definition) is 0. The zero-order valence-electron chi connectivity index (χ0n) is 16.7. The van der Waals surface area contributed by atoms with Gasteiger partial charge in [0.15, 0.2) is 21.3 Å². The summed E-state index contributed by atoms with van der Waals surface area (Å²) in [6.45, 7) is 4.45. The first-order chi connectivity index (χ1) is 13.8. The van der Waals surface area contributed by atoms with Crippen molar-refractivity contribution in [2.75, 3.05) is 31.7 Å². The molecular formula is C20H24N2O6S. The van der Waals surface area contributed by atoms with E-state index in [1.165, 1.54) is 11.0 Å². The number of hydrogen-bond acceptors (Lipinski definition) is 7. The van der Waals surface area contributed by atoms with Crippen LogP contribution in [0, 0.1) is 13.8 Å². The van der Waals surface area contributed by atoms with Crippen molar-refractivity contribution < 1.29 is 27.2 Å². The van der Waals surface area contributed by atoms with Crippen LogP contribution in [-0.2, 0) is 21.2 Å². The normalized spacial score (nSPS) is 16.2. The molecule has 8 nitrogen and oxygen atoms in total. The fourth-order valence-corrected chi connectivity index (χ4v) is 4.17. The molecule has 1 aromatic carbocycles. The summed E-state index contributed by atoms with van der Waals surface area (Å²) in [4.78, 5) is 13.8. The Morgan fingerprint density at radius 2 is 1.97 bits per heavy atom. The lowest BCUT2D eigenvalue weighted by molar-refractivity contribution is -0.125. The van der Waals surface area contributed by atoms with Crippen LogP contribution in [0.2, 0.25) is 0 Å². The van der Waals surface area contributed by atoms with Crippen LogP contribution >= 0.6 is 0 Å². The number of amides is 1. The van der Waals surface area contributed by atoms with E-state index < -0.39 is 9.84 Å². The van der Waals surface area contributed by atoms with Gasteiger partial charge in [0.2, 0.25) is 5.91 Å². The minimum absolute atomic E-state index is 0.0115. The van der Waals surface area contributed by atoms with Crippen LogP contribution in [0.15, 0.2) is 28.8 Å². The van der Waals surface area contributed by atoms with Gasteiger partial charge in [0.25, 0.3) is 0 Å². The standard InChI is InChI=1S/C20H24N2O6S/c1-14-17(15(2)28-21-14)13-27-18-6-4-16(12-19(18)26-3)5-7-20(23)22-8-10-29(24,25)11-9-22/h4-7,12H,8-11,13H2,1-3H3/b7-5+. The average Bonchev–Trinajstić information content (AvgIpc) is 3.02. The zero-order valence-corrected chi connectivity index (χ0v) is 17.5. The molecule has 0 atom stereocenters. The molecule has 0 spiro atoms. The van der Waals surface area contributed by atoms with Gasteiger partial charge in [0.1, 0.15) is 12.4 Å². The summed E-state index contributed by atoms with van der Waals surface area (Å²) in [6.07, 6.45) is 3.11. The molecule has 9 heteroatoms. The number of ether oxygens (including phenoxy) is 2. The van der Waals surface area contributed by atoms with Gasteiger partial charge < -0.3 is 18.9 Å². The summed E-state index contributed by atoms with van der Waals surface area (Å²) >= 11 is 0. The highest BCUT2D eigenvalue weighted by Crippen LogP contribution is 2.30. The number of aromatic nitrogens is 1. The molecule has 1 fully saturated rings. The Morgan fingerprint density at radius 1 is 1.24 bits per heavy atom. The fourth-order valence-electron chi connectivity index (χ4n) is 2.97. The number of methoxy groups -OCH3 is 1. The first kappa shape index (κ1) is 20.9. The van der Waals surface area contributed by atoms with Gasteiger partial charge in [-0.1, -0.05) is 11.2 Å². The van der Waals surface area contributed by atoms with Gasteiger partial charge in [-0.2, -0.15) is 0 Å². The second-order valence-corrected chi connectivity index (χ2v) is 9.12. The van der Waals surface area contributed by atoms with Crippen LogP contribution in [0.1, 0.15) is 22.6 Å². The van der Waals surface area contributed by atoms with E-state index >= 15 is 0 Å². The molecule has 1 aliphatic rings. The predicted octanol–water partition coefficient (Wildman–Crippen LogP) is 2.15. The number of aryl methyl sites for hydroxylation is 2. The second kappa shape index (κ2) is 8.69. The third kappa shape index (κ3) is 5.17. The van der Waals surface area contributed by atoms with Gasteiger partial charge in [-0.3, -0.25) is 4.79 Å². The molecule has 1 amide bonds. The number of nitrogens with zero attached hydrogens (tertiary/aromatic N) is 2. The molecule has 0 N–H and O–H groups in total. The van der Waals surface area contributed by atoms with Crippen LogP contribution in [0.4, 0.5) is 0 Å². The van der Waals surface area contributed by atoms with Crippen molar-refractivity contribution in [1.82, 2.24) is 10.1 Å². The third-order valence-electron chi connectivity index (χ3n) is 4.82. The number of sulfone groups is 1. The molecule has 1 aliphatic heterocycles. The van der Waals surface area contributed by atoms with Gasteiger partial charge in [0.05, 0.1) is 29.9 Å². The van der Waals surface area contributed by atoms with Crippen molar-refractivity contribution in [1.29, 1.82) is 0 Å². The third-order valence-corrected chi connectivity index (χ3v) is 6.42. The quantitative estimate of drug-likeness (QED) is 0.660. The molecule has 1 saturated heterocycles. The number of carbonyl (C=O) groups is 1. The highest BCUT2D eigenvalue weighted by Gasteiger charge is 2.23. The van der Waals surface area contributed by atoms with Crippen LogP contribution in [0.25, 0.3) is 6.08 Å². The van der Waals surface area contributed by atoms with E-state index in [0.29, 0.717) is 23.9 Å². The molecule has 1 aromatic heterocycles.